The highest BCUT2D eigenvalue weighted by Crippen LogP contribution is 2.35. The third-order valence-corrected chi connectivity index (χ3v) is 5.49. The third-order valence-electron chi connectivity index (χ3n) is 4.43. The van der Waals surface area contributed by atoms with E-state index in [-0.39, 0.29) is 12.0 Å². The maximum Gasteiger partial charge on any atom is 0.338 e. The van der Waals surface area contributed by atoms with Gasteiger partial charge in [-0.1, -0.05) is 12.1 Å². The molecule has 0 aliphatic carbocycles. The van der Waals surface area contributed by atoms with Gasteiger partial charge in [0.05, 0.1) is 36.0 Å². The van der Waals surface area contributed by atoms with Crippen LogP contribution in [0.3, 0.4) is 0 Å². The number of rotatable bonds is 7. The number of ether oxygens (including phenoxy) is 3. The Morgan fingerprint density at radius 3 is 2.66 bits per heavy atom. The standard InChI is InChI=1S/C24H26N2O5S/c1-6-30-23(28)17-8-7-9-18(14-17)25-24-26(4)22(27)21(32-24)13-16-10-11-19(31-15(2)3)20(12-16)29-5/h7-15H,6H2,1-5H3. The van der Waals surface area contributed by atoms with Gasteiger partial charge in [-0.3, -0.25) is 9.69 Å². The zero-order chi connectivity index (χ0) is 23.3. The number of amidine groups is 1. The Morgan fingerprint density at radius 2 is 1.97 bits per heavy atom. The van der Waals surface area contributed by atoms with Gasteiger partial charge >= 0.3 is 5.97 Å². The van der Waals surface area contributed by atoms with E-state index >= 15 is 0 Å². The van der Waals surface area contributed by atoms with Crippen LogP contribution in [0.15, 0.2) is 52.4 Å². The summed E-state index contributed by atoms with van der Waals surface area (Å²) in [7, 11) is 3.25. The van der Waals surface area contributed by atoms with Crippen molar-refractivity contribution >= 4 is 40.6 Å². The molecule has 2 aromatic carbocycles. The average Bonchev–Trinajstić information content (AvgIpc) is 3.02. The first-order chi connectivity index (χ1) is 15.3. The van der Waals surface area contributed by atoms with Gasteiger partial charge in [-0.25, -0.2) is 9.79 Å². The van der Waals surface area contributed by atoms with Crippen LogP contribution in [-0.4, -0.2) is 48.8 Å². The molecule has 1 aliphatic rings. The first-order valence-electron chi connectivity index (χ1n) is 10.2. The summed E-state index contributed by atoms with van der Waals surface area (Å²) in [5.41, 5.74) is 1.79. The Labute approximate surface area is 192 Å². The van der Waals surface area contributed by atoms with Crippen molar-refractivity contribution in [2.24, 2.45) is 4.99 Å². The molecule has 0 spiro atoms. The second-order valence-corrected chi connectivity index (χ2v) is 8.23. The van der Waals surface area contributed by atoms with Crippen molar-refractivity contribution in [3.63, 3.8) is 0 Å². The molecule has 32 heavy (non-hydrogen) atoms. The van der Waals surface area contributed by atoms with E-state index in [0.29, 0.717) is 39.4 Å². The number of nitrogens with zero attached hydrogens (tertiary/aromatic N) is 2. The highest BCUT2D eigenvalue weighted by molar-refractivity contribution is 8.18. The molecular formula is C24H26N2O5S. The summed E-state index contributed by atoms with van der Waals surface area (Å²) in [5.74, 6) is 0.687. The van der Waals surface area contributed by atoms with Gasteiger partial charge in [0.15, 0.2) is 16.7 Å². The molecule has 3 rings (SSSR count). The summed E-state index contributed by atoms with van der Waals surface area (Å²) in [5, 5.41) is 0.522. The number of esters is 1. The molecule has 1 heterocycles. The fourth-order valence-corrected chi connectivity index (χ4v) is 3.94. The quantitative estimate of drug-likeness (QED) is 0.438. The van der Waals surface area contributed by atoms with Gasteiger partial charge in [-0.15, -0.1) is 0 Å². The van der Waals surface area contributed by atoms with Crippen LogP contribution in [0.1, 0.15) is 36.7 Å². The Bertz CT molecular complexity index is 1080. The smallest absolute Gasteiger partial charge is 0.338 e. The van der Waals surface area contributed by atoms with Gasteiger partial charge in [0.1, 0.15) is 0 Å². The summed E-state index contributed by atoms with van der Waals surface area (Å²) in [6, 6.07) is 12.4. The van der Waals surface area contributed by atoms with Crippen LogP contribution in [0.2, 0.25) is 0 Å². The lowest BCUT2D eigenvalue weighted by atomic mass is 10.2. The van der Waals surface area contributed by atoms with Gasteiger partial charge < -0.3 is 14.2 Å². The molecule has 1 amide bonds. The fraction of sp³-hybridized carbons (Fsp3) is 0.292. The summed E-state index contributed by atoms with van der Waals surface area (Å²) in [4.78, 5) is 31.3. The van der Waals surface area contributed by atoms with Gasteiger partial charge in [0.2, 0.25) is 0 Å². The predicted molar refractivity (Wildman–Crippen MR) is 127 cm³/mol. The number of methoxy groups -OCH3 is 1. The maximum absolute atomic E-state index is 12.8. The van der Waals surface area contributed by atoms with Crippen molar-refractivity contribution in [2.75, 3.05) is 20.8 Å². The van der Waals surface area contributed by atoms with Crippen LogP contribution in [0, 0.1) is 0 Å². The van der Waals surface area contributed by atoms with E-state index in [9.17, 15) is 9.59 Å². The monoisotopic (exact) mass is 454 g/mol. The Morgan fingerprint density at radius 1 is 1.19 bits per heavy atom. The van der Waals surface area contributed by atoms with Crippen LogP contribution >= 0.6 is 11.8 Å². The average molecular weight is 455 g/mol. The van der Waals surface area contributed by atoms with E-state index in [2.05, 4.69) is 4.99 Å². The van der Waals surface area contributed by atoms with E-state index in [1.165, 1.54) is 16.7 Å². The van der Waals surface area contributed by atoms with Crippen LogP contribution in [-0.2, 0) is 9.53 Å². The Kier molecular flexibility index (Phi) is 7.58. The highest BCUT2D eigenvalue weighted by atomic mass is 32.2. The molecule has 0 N–H and O–H groups in total. The molecule has 7 nitrogen and oxygen atoms in total. The normalized spacial score (nSPS) is 16.2. The number of hydrogen-bond donors (Lipinski definition) is 0. The fourth-order valence-electron chi connectivity index (χ4n) is 2.96. The number of amides is 1. The molecule has 0 radical (unpaired) electrons. The molecule has 1 aliphatic heterocycles. The minimum absolute atomic E-state index is 0.0230. The van der Waals surface area contributed by atoms with Crippen LogP contribution in [0.25, 0.3) is 6.08 Å². The van der Waals surface area contributed by atoms with Gasteiger partial charge in [-0.2, -0.15) is 0 Å². The second-order valence-electron chi connectivity index (χ2n) is 7.22. The minimum Gasteiger partial charge on any atom is -0.493 e. The molecule has 1 fully saturated rings. The molecule has 1 saturated heterocycles. The number of likely N-dealkylation sites (N-methyl/N-ethyl adjacent to an activating group) is 1. The van der Waals surface area contributed by atoms with Crippen molar-refractivity contribution < 1.29 is 23.8 Å². The molecule has 168 valence electrons. The number of thioether (sulfide) groups is 1. The Hall–Kier alpha value is -3.26. The number of carbonyl (C=O) groups is 2. The predicted octanol–water partition coefficient (Wildman–Crippen LogP) is 4.89. The van der Waals surface area contributed by atoms with Crippen LogP contribution in [0.4, 0.5) is 5.69 Å². The zero-order valence-electron chi connectivity index (χ0n) is 18.7. The molecule has 0 aromatic heterocycles. The minimum atomic E-state index is -0.405. The first-order valence-corrected chi connectivity index (χ1v) is 11.0. The lowest BCUT2D eigenvalue weighted by molar-refractivity contribution is -0.121. The molecule has 0 unspecified atom stereocenters. The van der Waals surface area contributed by atoms with E-state index in [1.54, 1.807) is 51.4 Å². The number of aliphatic imine (C=N–C) groups is 1. The van der Waals surface area contributed by atoms with E-state index in [0.717, 1.165) is 5.56 Å². The summed E-state index contributed by atoms with van der Waals surface area (Å²) in [6.45, 7) is 5.95. The lowest BCUT2D eigenvalue weighted by Crippen LogP contribution is -2.23. The highest BCUT2D eigenvalue weighted by Gasteiger charge is 2.30. The SMILES string of the molecule is CCOC(=O)c1cccc(N=C2SC(=Cc3ccc(OC(C)C)c(OC)c3)C(=O)N2C)c1. The van der Waals surface area contributed by atoms with E-state index < -0.39 is 5.97 Å². The summed E-state index contributed by atoms with van der Waals surface area (Å²) in [6.07, 6.45) is 1.82. The number of carbonyl (C=O) groups excluding carboxylic acids is 2. The van der Waals surface area contributed by atoms with Gasteiger partial charge in [0, 0.05) is 7.05 Å². The van der Waals surface area contributed by atoms with Gasteiger partial charge in [0.25, 0.3) is 5.91 Å². The third kappa shape index (κ3) is 5.50. The zero-order valence-corrected chi connectivity index (χ0v) is 19.6. The molecule has 0 bridgehead atoms. The molecule has 2 aromatic rings. The largest absolute Gasteiger partial charge is 0.493 e. The maximum atomic E-state index is 12.8. The van der Waals surface area contributed by atoms with E-state index in [4.69, 9.17) is 14.2 Å². The lowest BCUT2D eigenvalue weighted by Gasteiger charge is -2.13. The second kappa shape index (κ2) is 10.4. The molecular weight excluding hydrogens is 428 g/mol. The van der Waals surface area contributed by atoms with E-state index in [1.807, 2.05) is 32.0 Å². The topological polar surface area (TPSA) is 77.4 Å². The summed E-state index contributed by atoms with van der Waals surface area (Å²) >= 11 is 1.27. The van der Waals surface area contributed by atoms with Crippen molar-refractivity contribution in [2.45, 2.75) is 26.9 Å². The number of hydrogen-bond acceptors (Lipinski definition) is 7. The van der Waals surface area contributed by atoms with Crippen molar-refractivity contribution in [3.05, 3.63) is 58.5 Å². The Balaban J connectivity index is 1.85. The van der Waals surface area contributed by atoms with Gasteiger partial charge in [-0.05, 0) is 74.5 Å². The number of benzene rings is 2. The molecule has 8 heteroatoms. The molecule has 0 saturated carbocycles. The van der Waals surface area contributed by atoms with Crippen LogP contribution < -0.4 is 9.47 Å². The molecule has 0 atom stereocenters. The van der Waals surface area contributed by atoms with Crippen molar-refractivity contribution in [1.29, 1.82) is 0 Å². The summed E-state index contributed by atoms with van der Waals surface area (Å²) < 4.78 is 16.2. The van der Waals surface area contributed by atoms with Crippen molar-refractivity contribution in [1.82, 2.24) is 4.90 Å². The van der Waals surface area contributed by atoms with Crippen molar-refractivity contribution in [3.8, 4) is 11.5 Å². The van der Waals surface area contributed by atoms with Crippen LogP contribution in [0.5, 0.6) is 11.5 Å². The first kappa shape index (κ1) is 23.4.